The molecule has 1 aliphatic carbocycles. The summed E-state index contributed by atoms with van der Waals surface area (Å²) in [6.07, 6.45) is 9.65. The van der Waals surface area contributed by atoms with Crippen LogP contribution in [0.1, 0.15) is 63.0 Å². The van der Waals surface area contributed by atoms with Crippen molar-refractivity contribution in [3.05, 3.63) is 47.5 Å². The van der Waals surface area contributed by atoms with Gasteiger partial charge >= 0.3 is 5.97 Å². The van der Waals surface area contributed by atoms with Crippen LogP contribution in [0.3, 0.4) is 0 Å². The standard InChI is InChI=1S/C19H26O2/c1-3-5-6-19(20)21-18-13-11-17(12-14-18)16-9-7-15(4-2)8-10-16/h5-10,17-18H,3-4,11-14H2,1-2H3/b6-5+. The molecule has 1 aromatic rings. The van der Waals surface area contributed by atoms with Gasteiger partial charge in [-0.1, -0.05) is 44.2 Å². The highest BCUT2D eigenvalue weighted by Crippen LogP contribution is 2.34. The minimum Gasteiger partial charge on any atom is -0.459 e. The predicted molar refractivity (Wildman–Crippen MR) is 86.3 cm³/mol. The van der Waals surface area contributed by atoms with Crippen LogP contribution in [0.4, 0.5) is 0 Å². The fraction of sp³-hybridized carbons (Fsp3) is 0.526. The number of esters is 1. The van der Waals surface area contributed by atoms with Gasteiger partial charge in [-0.15, -0.1) is 0 Å². The molecule has 0 saturated heterocycles. The monoisotopic (exact) mass is 286 g/mol. The second-order valence-electron chi connectivity index (χ2n) is 5.82. The maximum atomic E-state index is 11.6. The van der Waals surface area contributed by atoms with Crippen LogP contribution < -0.4 is 0 Å². The molecular weight excluding hydrogens is 260 g/mol. The first-order valence-electron chi connectivity index (χ1n) is 8.19. The molecule has 0 bridgehead atoms. The largest absolute Gasteiger partial charge is 0.459 e. The Hall–Kier alpha value is -1.57. The summed E-state index contributed by atoms with van der Waals surface area (Å²) in [7, 11) is 0. The SMILES string of the molecule is CC/C=C/C(=O)OC1CCC(c2ccc(CC)cc2)CC1. The van der Waals surface area contributed by atoms with Crippen molar-refractivity contribution in [3.63, 3.8) is 0 Å². The first-order chi connectivity index (χ1) is 10.2. The molecule has 1 aliphatic rings. The summed E-state index contributed by atoms with van der Waals surface area (Å²) in [5, 5.41) is 0. The van der Waals surface area contributed by atoms with Gasteiger partial charge in [0.05, 0.1) is 0 Å². The molecule has 0 heterocycles. The summed E-state index contributed by atoms with van der Waals surface area (Å²) < 4.78 is 5.49. The third-order valence-corrected chi connectivity index (χ3v) is 4.31. The highest BCUT2D eigenvalue weighted by Gasteiger charge is 2.24. The Bertz CT molecular complexity index is 465. The van der Waals surface area contributed by atoms with Crippen molar-refractivity contribution in [1.29, 1.82) is 0 Å². The molecule has 2 rings (SSSR count). The lowest BCUT2D eigenvalue weighted by Gasteiger charge is -2.28. The normalized spacial score (nSPS) is 22.4. The lowest BCUT2D eigenvalue weighted by atomic mass is 9.82. The van der Waals surface area contributed by atoms with Crippen LogP contribution in [0.2, 0.25) is 0 Å². The second-order valence-corrected chi connectivity index (χ2v) is 5.82. The lowest BCUT2D eigenvalue weighted by molar-refractivity contribution is -0.144. The van der Waals surface area contributed by atoms with Gasteiger partial charge < -0.3 is 4.74 Å². The smallest absolute Gasteiger partial charge is 0.330 e. The van der Waals surface area contributed by atoms with Gasteiger partial charge in [-0.25, -0.2) is 4.79 Å². The van der Waals surface area contributed by atoms with E-state index in [9.17, 15) is 4.79 Å². The molecule has 2 nitrogen and oxygen atoms in total. The van der Waals surface area contributed by atoms with E-state index in [0.29, 0.717) is 5.92 Å². The number of carbonyl (C=O) groups is 1. The van der Waals surface area contributed by atoms with E-state index in [1.54, 1.807) is 6.08 Å². The molecular formula is C19H26O2. The molecule has 0 N–H and O–H groups in total. The molecule has 0 aliphatic heterocycles. The Morgan fingerprint density at radius 2 is 1.81 bits per heavy atom. The Labute approximate surface area is 128 Å². The van der Waals surface area contributed by atoms with E-state index in [4.69, 9.17) is 4.74 Å². The summed E-state index contributed by atoms with van der Waals surface area (Å²) in [4.78, 5) is 11.6. The molecule has 0 amide bonds. The summed E-state index contributed by atoms with van der Waals surface area (Å²) in [6, 6.07) is 8.99. The molecule has 0 radical (unpaired) electrons. The van der Waals surface area contributed by atoms with Crippen molar-refractivity contribution in [2.24, 2.45) is 0 Å². The summed E-state index contributed by atoms with van der Waals surface area (Å²) in [5.41, 5.74) is 2.83. The van der Waals surface area contributed by atoms with E-state index in [0.717, 1.165) is 38.5 Å². The summed E-state index contributed by atoms with van der Waals surface area (Å²) in [6.45, 7) is 4.19. The highest BCUT2D eigenvalue weighted by atomic mass is 16.5. The number of hydrogen-bond acceptors (Lipinski definition) is 2. The Morgan fingerprint density at radius 3 is 2.38 bits per heavy atom. The van der Waals surface area contributed by atoms with Crippen molar-refractivity contribution < 1.29 is 9.53 Å². The van der Waals surface area contributed by atoms with Crippen molar-refractivity contribution in [2.45, 2.75) is 64.4 Å². The van der Waals surface area contributed by atoms with E-state index >= 15 is 0 Å². The van der Waals surface area contributed by atoms with E-state index in [2.05, 4.69) is 31.2 Å². The van der Waals surface area contributed by atoms with Gasteiger partial charge in [-0.05, 0) is 55.6 Å². The van der Waals surface area contributed by atoms with Gasteiger partial charge in [0.25, 0.3) is 0 Å². The summed E-state index contributed by atoms with van der Waals surface area (Å²) in [5.74, 6) is 0.435. The van der Waals surface area contributed by atoms with Gasteiger partial charge in [0.15, 0.2) is 0 Å². The Kier molecular flexibility index (Phi) is 6.04. The van der Waals surface area contributed by atoms with E-state index in [1.165, 1.54) is 11.1 Å². The topological polar surface area (TPSA) is 26.3 Å². The van der Waals surface area contributed by atoms with Gasteiger partial charge in [0.1, 0.15) is 6.10 Å². The quantitative estimate of drug-likeness (QED) is 0.575. The van der Waals surface area contributed by atoms with Gasteiger partial charge in [-0.3, -0.25) is 0 Å². The van der Waals surface area contributed by atoms with Gasteiger partial charge in [-0.2, -0.15) is 0 Å². The van der Waals surface area contributed by atoms with Crippen LogP contribution in [0.5, 0.6) is 0 Å². The van der Waals surface area contributed by atoms with Crippen LogP contribution in [-0.4, -0.2) is 12.1 Å². The number of rotatable bonds is 5. The molecule has 2 heteroatoms. The fourth-order valence-corrected chi connectivity index (χ4v) is 2.96. The number of aryl methyl sites for hydroxylation is 1. The highest BCUT2D eigenvalue weighted by molar-refractivity contribution is 5.82. The number of carbonyl (C=O) groups excluding carboxylic acids is 1. The van der Waals surface area contributed by atoms with Crippen LogP contribution in [-0.2, 0) is 16.0 Å². The van der Waals surface area contributed by atoms with Crippen molar-refractivity contribution in [2.75, 3.05) is 0 Å². The van der Waals surface area contributed by atoms with Gasteiger partial charge in [0.2, 0.25) is 0 Å². The second kappa shape index (κ2) is 8.02. The first-order valence-corrected chi connectivity index (χ1v) is 8.19. The maximum absolute atomic E-state index is 11.6. The minimum atomic E-state index is -0.187. The van der Waals surface area contributed by atoms with E-state index in [1.807, 2.05) is 13.0 Å². The Balaban J connectivity index is 1.82. The third-order valence-electron chi connectivity index (χ3n) is 4.31. The molecule has 0 aromatic heterocycles. The van der Waals surface area contributed by atoms with Crippen molar-refractivity contribution in [1.82, 2.24) is 0 Å². The fourth-order valence-electron chi connectivity index (χ4n) is 2.96. The van der Waals surface area contributed by atoms with E-state index < -0.39 is 0 Å². The zero-order valence-electron chi connectivity index (χ0n) is 13.2. The number of benzene rings is 1. The lowest BCUT2D eigenvalue weighted by Crippen LogP contribution is -2.23. The molecule has 0 spiro atoms. The molecule has 0 atom stereocenters. The summed E-state index contributed by atoms with van der Waals surface area (Å²) >= 11 is 0. The van der Waals surface area contributed by atoms with E-state index in [-0.39, 0.29) is 12.1 Å². The maximum Gasteiger partial charge on any atom is 0.330 e. The Morgan fingerprint density at radius 1 is 1.14 bits per heavy atom. The molecule has 1 aromatic carbocycles. The van der Waals surface area contributed by atoms with Crippen LogP contribution in [0.15, 0.2) is 36.4 Å². The molecule has 21 heavy (non-hydrogen) atoms. The average Bonchev–Trinajstić information content (AvgIpc) is 2.54. The zero-order chi connectivity index (χ0) is 15.1. The van der Waals surface area contributed by atoms with Crippen molar-refractivity contribution in [3.8, 4) is 0 Å². The number of hydrogen-bond donors (Lipinski definition) is 0. The van der Waals surface area contributed by atoms with Crippen LogP contribution in [0, 0.1) is 0 Å². The third kappa shape index (κ3) is 4.73. The van der Waals surface area contributed by atoms with Crippen molar-refractivity contribution >= 4 is 5.97 Å². The number of ether oxygens (including phenoxy) is 1. The van der Waals surface area contributed by atoms with Crippen LogP contribution >= 0.6 is 0 Å². The van der Waals surface area contributed by atoms with Gasteiger partial charge in [0, 0.05) is 6.08 Å². The average molecular weight is 286 g/mol. The molecule has 0 unspecified atom stereocenters. The van der Waals surface area contributed by atoms with Crippen LogP contribution in [0.25, 0.3) is 0 Å². The zero-order valence-corrected chi connectivity index (χ0v) is 13.2. The predicted octanol–water partition coefficient (Wildman–Crippen LogP) is 4.78. The molecule has 1 fully saturated rings. The molecule has 1 saturated carbocycles. The molecule has 114 valence electrons. The minimum absolute atomic E-state index is 0.102. The number of allylic oxidation sites excluding steroid dienone is 1. The first kappa shape index (κ1) is 15.8.